The van der Waals surface area contributed by atoms with E-state index in [-0.39, 0.29) is 35.3 Å². The summed E-state index contributed by atoms with van der Waals surface area (Å²) in [5.74, 6) is -2.43. The van der Waals surface area contributed by atoms with Gasteiger partial charge in [0.25, 0.3) is 0 Å². The number of rotatable bonds is 8. The van der Waals surface area contributed by atoms with Crippen molar-refractivity contribution in [2.24, 2.45) is 5.92 Å². The maximum atomic E-state index is 13.1. The van der Waals surface area contributed by atoms with Gasteiger partial charge in [-0.2, -0.15) is 0 Å². The zero-order chi connectivity index (χ0) is 20.8. The molecule has 1 aromatic heterocycles. The topological polar surface area (TPSA) is 85.7 Å². The van der Waals surface area contributed by atoms with Gasteiger partial charge in [0.2, 0.25) is 0 Å². The number of Topliss-reactive ketones (excluding diaryl/α,β-unsaturated/α-hetero) is 1. The van der Waals surface area contributed by atoms with E-state index in [2.05, 4.69) is 4.98 Å². The predicted octanol–water partition coefficient (Wildman–Crippen LogP) is 3.88. The van der Waals surface area contributed by atoms with Crippen molar-refractivity contribution < 1.29 is 28.6 Å². The van der Waals surface area contributed by atoms with E-state index in [1.165, 1.54) is 31.5 Å². The Hall–Kier alpha value is -2.96. The number of carbonyl (C=O) groups is 2. The highest BCUT2D eigenvalue weighted by atomic mass is 19.1. The second-order valence-corrected chi connectivity index (χ2v) is 6.72. The number of carbonyl (C=O) groups excluding carboxylic acids is 2. The lowest BCUT2D eigenvalue weighted by Gasteiger charge is -2.22. The molecule has 7 heteroatoms. The van der Waals surface area contributed by atoms with Crippen LogP contribution >= 0.6 is 0 Å². The van der Waals surface area contributed by atoms with Crippen molar-refractivity contribution in [3.8, 4) is 11.5 Å². The lowest BCUT2D eigenvalue weighted by Crippen LogP contribution is -2.26. The molecule has 0 radical (unpaired) electrons. The summed E-state index contributed by atoms with van der Waals surface area (Å²) in [6.45, 7) is 5.20. The standard InChI is InChI=1S/C21H24FNO5/c1-12(11-17(24)19-20(25)18(27-4)9-10-23-19)21(26)28-14(3)13(2)15-5-7-16(22)8-6-15/h5-10,12-14,25H,11H2,1-4H3/t12-,13-,14+/m0/s1. The van der Waals surface area contributed by atoms with Crippen molar-refractivity contribution >= 4 is 11.8 Å². The third kappa shape index (κ3) is 5.06. The van der Waals surface area contributed by atoms with Crippen molar-refractivity contribution in [2.45, 2.75) is 39.2 Å². The van der Waals surface area contributed by atoms with Crippen LogP contribution in [0.15, 0.2) is 36.5 Å². The van der Waals surface area contributed by atoms with Gasteiger partial charge in [-0.05, 0) is 24.6 Å². The fraction of sp³-hybridized carbons (Fsp3) is 0.381. The molecule has 6 nitrogen and oxygen atoms in total. The Balaban J connectivity index is 1.98. The van der Waals surface area contributed by atoms with Gasteiger partial charge in [-0.1, -0.05) is 26.0 Å². The van der Waals surface area contributed by atoms with Crippen LogP contribution in [0.3, 0.4) is 0 Å². The monoisotopic (exact) mass is 389 g/mol. The average Bonchev–Trinajstić information content (AvgIpc) is 2.67. The van der Waals surface area contributed by atoms with Gasteiger partial charge in [-0.3, -0.25) is 9.59 Å². The maximum Gasteiger partial charge on any atom is 0.309 e. The summed E-state index contributed by atoms with van der Waals surface area (Å²) in [5.41, 5.74) is 0.697. The SMILES string of the molecule is COc1ccnc(C(=O)C[C@H](C)C(=O)O[C@H](C)[C@H](C)c2ccc(F)cc2)c1O. The zero-order valence-corrected chi connectivity index (χ0v) is 16.3. The van der Waals surface area contributed by atoms with Gasteiger partial charge in [0.15, 0.2) is 23.0 Å². The third-order valence-electron chi connectivity index (χ3n) is 4.67. The van der Waals surface area contributed by atoms with E-state index >= 15 is 0 Å². The molecule has 150 valence electrons. The van der Waals surface area contributed by atoms with Crippen LogP contribution < -0.4 is 4.74 Å². The Bertz CT molecular complexity index is 837. The highest BCUT2D eigenvalue weighted by Crippen LogP contribution is 2.29. The molecule has 0 aliphatic rings. The van der Waals surface area contributed by atoms with E-state index in [4.69, 9.17) is 9.47 Å². The molecule has 28 heavy (non-hydrogen) atoms. The minimum atomic E-state index is -0.720. The minimum Gasteiger partial charge on any atom is -0.503 e. The molecule has 0 saturated heterocycles. The Morgan fingerprint density at radius 1 is 1.14 bits per heavy atom. The Morgan fingerprint density at radius 2 is 1.79 bits per heavy atom. The normalized spacial score (nSPS) is 14.0. The van der Waals surface area contributed by atoms with E-state index in [9.17, 15) is 19.1 Å². The quantitative estimate of drug-likeness (QED) is 0.545. The largest absolute Gasteiger partial charge is 0.503 e. The molecular weight excluding hydrogens is 365 g/mol. The number of ketones is 1. The predicted molar refractivity (Wildman–Crippen MR) is 101 cm³/mol. The number of ether oxygens (including phenoxy) is 2. The summed E-state index contributed by atoms with van der Waals surface area (Å²) in [6, 6.07) is 7.44. The number of aromatic hydroxyl groups is 1. The van der Waals surface area contributed by atoms with Gasteiger partial charge in [-0.15, -0.1) is 0 Å². The molecule has 0 spiro atoms. The first-order valence-electron chi connectivity index (χ1n) is 8.95. The first-order chi connectivity index (χ1) is 13.2. The number of nitrogens with zero attached hydrogens (tertiary/aromatic N) is 1. The molecule has 0 aliphatic carbocycles. The number of aromatic nitrogens is 1. The van der Waals surface area contributed by atoms with E-state index in [1.807, 2.05) is 6.92 Å². The first kappa shape index (κ1) is 21.3. The molecule has 0 aliphatic heterocycles. The Kier molecular flexibility index (Phi) is 7.09. The Labute approximate surface area is 163 Å². The molecule has 0 saturated carbocycles. The molecule has 0 amide bonds. The number of esters is 1. The van der Waals surface area contributed by atoms with Crippen molar-refractivity contribution in [3.05, 3.63) is 53.6 Å². The highest BCUT2D eigenvalue weighted by molar-refractivity contribution is 5.99. The number of methoxy groups -OCH3 is 1. The molecule has 2 rings (SSSR count). The van der Waals surface area contributed by atoms with Crippen LogP contribution in [-0.4, -0.2) is 35.1 Å². The summed E-state index contributed by atoms with van der Waals surface area (Å²) in [6.07, 6.45) is 0.727. The molecule has 0 unspecified atom stereocenters. The lowest BCUT2D eigenvalue weighted by molar-refractivity contribution is -0.153. The summed E-state index contributed by atoms with van der Waals surface area (Å²) >= 11 is 0. The van der Waals surface area contributed by atoms with Crippen LogP contribution in [0.5, 0.6) is 11.5 Å². The van der Waals surface area contributed by atoms with Crippen molar-refractivity contribution in [1.29, 1.82) is 0 Å². The molecule has 0 fully saturated rings. The first-order valence-corrected chi connectivity index (χ1v) is 8.95. The summed E-state index contributed by atoms with van der Waals surface area (Å²) in [4.78, 5) is 28.6. The van der Waals surface area contributed by atoms with Gasteiger partial charge in [0.1, 0.15) is 11.9 Å². The molecule has 1 aromatic carbocycles. The number of benzene rings is 1. The molecule has 0 bridgehead atoms. The second-order valence-electron chi connectivity index (χ2n) is 6.72. The van der Waals surface area contributed by atoms with Crippen LogP contribution in [0.4, 0.5) is 4.39 Å². The van der Waals surface area contributed by atoms with E-state index in [1.54, 1.807) is 26.0 Å². The summed E-state index contributed by atoms with van der Waals surface area (Å²) in [7, 11) is 1.37. The molecule has 1 N–H and O–H groups in total. The van der Waals surface area contributed by atoms with Gasteiger partial charge >= 0.3 is 5.97 Å². The summed E-state index contributed by atoms with van der Waals surface area (Å²) < 4.78 is 23.5. The second kappa shape index (κ2) is 9.30. The molecule has 3 atom stereocenters. The van der Waals surface area contributed by atoms with Gasteiger partial charge in [-0.25, -0.2) is 9.37 Å². The molecule has 1 heterocycles. The average molecular weight is 389 g/mol. The number of pyridine rings is 1. The zero-order valence-electron chi connectivity index (χ0n) is 16.3. The number of hydrogen-bond donors (Lipinski definition) is 1. The summed E-state index contributed by atoms with van der Waals surface area (Å²) in [5, 5.41) is 10.0. The van der Waals surface area contributed by atoms with Crippen LogP contribution in [0.25, 0.3) is 0 Å². The van der Waals surface area contributed by atoms with Crippen molar-refractivity contribution in [1.82, 2.24) is 4.98 Å². The smallest absolute Gasteiger partial charge is 0.309 e. The highest BCUT2D eigenvalue weighted by Gasteiger charge is 2.26. The van der Waals surface area contributed by atoms with Crippen LogP contribution in [-0.2, 0) is 9.53 Å². The van der Waals surface area contributed by atoms with Crippen LogP contribution in [0.2, 0.25) is 0 Å². The van der Waals surface area contributed by atoms with Crippen LogP contribution in [0, 0.1) is 11.7 Å². The van der Waals surface area contributed by atoms with Crippen molar-refractivity contribution in [3.63, 3.8) is 0 Å². The third-order valence-corrected chi connectivity index (χ3v) is 4.67. The number of hydrogen-bond acceptors (Lipinski definition) is 6. The fourth-order valence-electron chi connectivity index (χ4n) is 2.70. The van der Waals surface area contributed by atoms with E-state index in [0.717, 1.165) is 5.56 Å². The molecule has 2 aromatic rings. The lowest BCUT2D eigenvalue weighted by atomic mass is 9.96. The fourth-order valence-corrected chi connectivity index (χ4v) is 2.70. The Morgan fingerprint density at radius 3 is 2.39 bits per heavy atom. The number of halogens is 1. The van der Waals surface area contributed by atoms with Crippen LogP contribution in [0.1, 0.15) is 49.2 Å². The maximum absolute atomic E-state index is 13.1. The molecular formula is C21H24FNO5. The van der Waals surface area contributed by atoms with Gasteiger partial charge in [0.05, 0.1) is 13.0 Å². The van der Waals surface area contributed by atoms with E-state index < -0.39 is 23.8 Å². The van der Waals surface area contributed by atoms with Gasteiger partial charge in [0, 0.05) is 24.6 Å². The minimum absolute atomic E-state index is 0.135. The van der Waals surface area contributed by atoms with Gasteiger partial charge < -0.3 is 14.6 Å². The van der Waals surface area contributed by atoms with Crippen molar-refractivity contribution in [2.75, 3.05) is 7.11 Å². The van der Waals surface area contributed by atoms with E-state index in [0.29, 0.717) is 0 Å².